The van der Waals surface area contributed by atoms with Crippen LogP contribution in [0.4, 0.5) is 0 Å². The lowest BCUT2D eigenvalue weighted by Crippen LogP contribution is -2.70. The summed E-state index contributed by atoms with van der Waals surface area (Å²) in [4.78, 5) is 7.11. The Morgan fingerprint density at radius 1 is 1.25 bits per heavy atom. The molecule has 0 saturated carbocycles. The van der Waals surface area contributed by atoms with E-state index in [-0.39, 0.29) is 0 Å². The van der Waals surface area contributed by atoms with Crippen LogP contribution in [-0.2, 0) is 0 Å². The summed E-state index contributed by atoms with van der Waals surface area (Å²) in [5, 5.41) is 6.69. The van der Waals surface area contributed by atoms with Crippen molar-refractivity contribution in [2.45, 2.75) is 20.8 Å². The summed E-state index contributed by atoms with van der Waals surface area (Å²) in [6.45, 7) is 14.8. The quantitative estimate of drug-likeness (QED) is 0.594. The number of nitrogens with zero attached hydrogens (tertiary/aromatic N) is 2. The Morgan fingerprint density at radius 2 is 2.00 bits per heavy atom. The van der Waals surface area contributed by atoms with Gasteiger partial charge >= 0.3 is 0 Å². The average Bonchev–Trinajstić information content (AvgIpc) is 2.62. The maximum atomic E-state index is 4.67. The summed E-state index contributed by atoms with van der Waals surface area (Å²) in [7, 11) is 0. The van der Waals surface area contributed by atoms with Crippen molar-refractivity contribution in [2.24, 2.45) is 10.4 Å². The van der Waals surface area contributed by atoms with Crippen LogP contribution >= 0.6 is 15.9 Å². The molecule has 28 heavy (non-hydrogen) atoms. The summed E-state index contributed by atoms with van der Waals surface area (Å²) in [6, 6.07) is 0. The Bertz CT molecular complexity index is 840. The zero-order chi connectivity index (χ0) is 20.1. The van der Waals surface area contributed by atoms with Crippen LogP contribution in [-0.4, -0.2) is 36.8 Å². The van der Waals surface area contributed by atoms with Crippen molar-refractivity contribution in [2.75, 3.05) is 26.2 Å². The predicted molar refractivity (Wildman–Crippen MR) is 123 cm³/mol. The molecule has 0 aromatic carbocycles. The van der Waals surface area contributed by atoms with Crippen LogP contribution in [0, 0.1) is 5.41 Å². The Kier molecular flexibility index (Phi) is 6.57. The first-order valence-electron chi connectivity index (χ1n) is 9.72. The fourth-order valence-electron chi connectivity index (χ4n) is 3.63. The van der Waals surface area contributed by atoms with Crippen LogP contribution < -0.4 is 10.6 Å². The normalized spacial score (nSPS) is 24.6. The van der Waals surface area contributed by atoms with E-state index in [0.29, 0.717) is 11.2 Å². The van der Waals surface area contributed by atoms with E-state index in [2.05, 4.69) is 68.2 Å². The largest absolute Gasteiger partial charge is 0.370 e. The highest BCUT2D eigenvalue weighted by Crippen LogP contribution is 2.36. The van der Waals surface area contributed by atoms with Gasteiger partial charge in [0.05, 0.1) is 5.71 Å². The second kappa shape index (κ2) is 8.93. The highest BCUT2D eigenvalue weighted by atomic mass is 79.9. The number of halogens is 1. The molecule has 2 heterocycles. The minimum Gasteiger partial charge on any atom is -0.370 e. The van der Waals surface area contributed by atoms with Gasteiger partial charge in [-0.15, -0.1) is 0 Å². The van der Waals surface area contributed by atoms with Crippen LogP contribution in [0.15, 0.2) is 87.5 Å². The molecular formula is C23H29BrN4. The molecule has 1 aliphatic carbocycles. The lowest BCUT2D eigenvalue weighted by atomic mass is 9.74. The molecule has 2 fully saturated rings. The molecule has 5 heteroatoms. The van der Waals surface area contributed by atoms with Crippen molar-refractivity contribution in [3.05, 3.63) is 82.5 Å². The van der Waals surface area contributed by atoms with Gasteiger partial charge in [0.15, 0.2) is 0 Å². The van der Waals surface area contributed by atoms with E-state index < -0.39 is 0 Å². The van der Waals surface area contributed by atoms with Crippen molar-refractivity contribution >= 4 is 21.6 Å². The fourth-order valence-corrected chi connectivity index (χ4v) is 4.10. The van der Waals surface area contributed by atoms with Gasteiger partial charge in [-0.05, 0) is 60.5 Å². The molecule has 4 nitrogen and oxygen atoms in total. The fraction of sp³-hybridized carbons (Fsp3) is 0.348. The molecule has 0 amide bonds. The van der Waals surface area contributed by atoms with Gasteiger partial charge in [0.2, 0.25) is 0 Å². The molecule has 148 valence electrons. The lowest BCUT2D eigenvalue weighted by Gasteiger charge is -2.57. The zero-order valence-electron chi connectivity index (χ0n) is 16.9. The van der Waals surface area contributed by atoms with Crippen molar-refractivity contribution in [1.82, 2.24) is 15.5 Å². The Labute approximate surface area is 177 Å². The highest BCUT2D eigenvalue weighted by molar-refractivity contribution is 9.12. The number of hydrogen-bond donors (Lipinski definition) is 2. The average molecular weight is 441 g/mol. The van der Waals surface area contributed by atoms with E-state index in [1.165, 1.54) is 5.70 Å². The van der Waals surface area contributed by atoms with Crippen molar-refractivity contribution < 1.29 is 0 Å². The monoisotopic (exact) mass is 440 g/mol. The van der Waals surface area contributed by atoms with E-state index in [1.54, 1.807) is 0 Å². The van der Waals surface area contributed by atoms with E-state index in [0.717, 1.165) is 47.6 Å². The molecule has 0 unspecified atom stereocenters. The minimum absolute atomic E-state index is 0.522. The third-order valence-electron chi connectivity index (χ3n) is 5.32. The van der Waals surface area contributed by atoms with Gasteiger partial charge in [0.25, 0.3) is 0 Å². The van der Waals surface area contributed by atoms with E-state index >= 15 is 0 Å². The molecule has 0 bridgehead atoms. The van der Waals surface area contributed by atoms with E-state index in [4.69, 9.17) is 0 Å². The number of allylic oxidation sites excluding steroid dienone is 10. The first-order chi connectivity index (χ1) is 13.5. The Balaban J connectivity index is 1.61. The second-order valence-electron chi connectivity index (χ2n) is 7.40. The number of hydrogen-bond acceptors (Lipinski definition) is 4. The van der Waals surface area contributed by atoms with Gasteiger partial charge in [0.1, 0.15) is 5.82 Å². The van der Waals surface area contributed by atoms with Gasteiger partial charge in [0, 0.05) is 47.5 Å². The number of rotatable bonds is 6. The lowest BCUT2D eigenvalue weighted by molar-refractivity contribution is -0.0138. The standard InChI is InChI=1S/C23H29BrN4/c1-5-18-9-8-10-21(24)22(18)27-17(4)26-19(6-2)11-12-20(7-3)28-15-23(16-28)13-25-14-23/h5-12,25-26H,4,13-16H2,1-3H3/b12-11-,18-5-,19-6+,20-7+,27-22+. The Hall–Kier alpha value is -2.11. The van der Waals surface area contributed by atoms with E-state index in [1.807, 2.05) is 44.2 Å². The predicted octanol–water partition coefficient (Wildman–Crippen LogP) is 4.55. The minimum atomic E-state index is 0.522. The van der Waals surface area contributed by atoms with Crippen molar-refractivity contribution in [3.8, 4) is 0 Å². The van der Waals surface area contributed by atoms with Gasteiger partial charge in [-0.25, -0.2) is 4.99 Å². The first-order valence-corrected chi connectivity index (χ1v) is 10.5. The zero-order valence-corrected chi connectivity index (χ0v) is 18.5. The molecule has 0 radical (unpaired) electrons. The highest BCUT2D eigenvalue weighted by Gasteiger charge is 2.47. The molecular weight excluding hydrogens is 412 g/mol. The van der Waals surface area contributed by atoms with Gasteiger partial charge < -0.3 is 15.5 Å². The summed E-state index contributed by atoms with van der Waals surface area (Å²) in [5.74, 6) is 0.609. The van der Waals surface area contributed by atoms with Crippen LogP contribution in [0.5, 0.6) is 0 Å². The van der Waals surface area contributed by atoms with Gasteiger partial charge in [-0.3, -0.25) is 0 Å². The molecule has 2 aliphatic heterocycles. The maximum Gasteiger partial charge on any atom is 0.123 e. The molecule has 1 spiro atoms. The summed E-state index contributed by atoms with van der Waals surface area (Å²) in [5.41, 5.74) is 4.71. The first kappa shape index (κ1) is 20.6. The maximum absolute atomic E-state index is 4.67. The van der Waals surface area contributed by atoms with Crippen molar-refractivity contribution in [3.63, 3.8) is 0 Å². The van der Waals surface area contributed by atoms with Crippen LogP contribution in [0.3, 0.4) is 0 Å². The van der Waals surface area contributed by atoms with Crippen LogP contribution in [0.1, 0.15) is 20.8 Å². The third kappa shape index (κ3) is 4.47. The van der Waals surface area contributed by atoms with Crippen LogP contribution in [0.25, 0.3) is 0 Å². The molecule has 0 aromatic heterocycles. The second-order valence-corrected chi connectivity index (χ2v) is 8.25. The smallest absolute Gasteiger partial charge is 0.123 e. The number of likely N-dealkylation sites (tertiary alicyclic amines) is 1. The van der Waals surface area contributed by atoms with Gasteiger partial charge in [-0.2, -0.15) is 0 Å². The number of nitrogens with one attached hydrogen (secondary N) is 2. The Morgan fingerprint density at radius 3 is 2.57 bits per heavy atom. The van der Waals surface area contributed by atoms with Crippen LogP contribution in [0.2, 0.25) is 0 Å². The molecule has 0 atom stereocenters. The SMILES string of the molecule is C=C(/N=C1/C(Br)=CC=C/C1=C/C)NC(/C=C\C(=C/C)N1CC2(CNC2)C1)=C/C. The summed E-state index contributed by atoms with van der Waals surface area (Å²) < 4.78 is 0.956. The summed E-state index contributed by atoms with van der Waals surface area (Å²) in [6.07, 6.45) is 16.5. The third-order valence-corrected chi connectivity index (χ3v) is 5.96. The van der Waals surface area contributed by atoms with Crippen molar-refractivity contribution in [1.29, 1.82) is 0 Å². The summed E-state index contributed by atoms with van der Waals surface area (Å²) >= 11 is 3.58. The topological polar surface area (TPSA) is 39.7 Å². The molecule has 2 saturated heterocycles. The molecule has 3 aliphatic rings. The number of aliphatic imine (C=N–C) groups is 1. The van der Waals surface area contributed by atoms with E-state index in [9.17, 15) is 0 Å². The molecule has 3 rings (SSSR count). The molecule has 0 aromatic rings. The van der Waals surface area contributed by atoms with Gasteiger partial charge in [-0.1, -0.05) is 37.0 Å². The molecule has 2 N–H and O–H groups in total.